The number of benzene rings is 1. The van der Waals surface area contributed by atoms with Crippen LogP contribution in [0.3, 0.4) is 0 Å². The van der Waals surface area contributed by atoms with E-state index in [0.29, 0.717) is 15.3 Å². The average Bonchev–Trinajstić information content (AvgIpc) is 2.70. The number of aromatic amines is 1. The average molecular weight is 374 g/mol. The van der Waals surface area contributed by atoms with Gasteiger partial charge in [0, 0.05) is 18.7 Å². The maximum atomic E-state index is 13.7. The molecule has 0 unspecified atom stereocenters. The zero-order valence-corrected chi connectivity index (χ0v) is 15.0. The smallest absolute Gasteiger partial charge is 0.178 e. The number of rotatable bonds is 6. The van der Waals surface area contributed by atoms with Crippen LogP contribution in [-0.4, -0.2) is 34.1 Å². The molecular formula is C15H21BrFN3S. The molecule has 0 bridgehead atoms. The summed E-state index contributed by atoms with van der Waals surface area (Å²) in [6.07, 6.45) is 2.12. The molecule has 0 fully saturated rings. The van der Waals surface area contributed by atoms with E-state index in [1.165, 1.54) is 6.07 Å². The molecule has 0 aliphatic rings. The zero-order chi connectivity index (χ0) is 15.6. The Morgan fingerprint density at radius 1 is 1.38 bits per heavy atom. The summed E-state index contributed by atoms with van der Waals surface area (Å²) in [6.45, 7) is 6.26. The molecule has 1 aromatic carbocycles. The van der Waals surface area contributed by atoms with E-state index in [-0.39, 0.29) is 5.82 Å². The first-order valence-corrected chi connectivity index (χ1v) is 8.38. The number of nitrogens with one attached hydrogen (secondary N) is 1. The second kappa shape index (κ2) is 7.03. The highest BCUT2D eigenvalue weighted by molar-refractivity contribution is 9.10. The van der Waals surface area contributed by atoms with Crippen molar-refractivity contribution in [3.63, 3.8) is 0 Å². The summed E-state index contributed by atoms with van der Waals surface area (Å²) in [4.78, 5) is 5.46. The fraction of sp³-hybridized carbons (Fsp3) is 0.533. The maximum Gasteiger partial charge on any atom is 0.178 e. The molecule has 0 aliphatic heterocycles. The highest BCUT2D eigenvalue weighted by Crippen LogP contribution is 2.23. The summed E-state index contributed by atoms with van der Waals surface area (Å²) in [7, 11) is 2.13. The van der Waals surface area contributed by atoms with Gasteiger partial charge in [-0.1, -0.05) is 0 Å². The van der Waals surface area contributed by atoms with Crippen LogP contribution in [0.1, 0.15) is 26.7 Å². The van der Waals surface area contributed by atoms with Crippen LogP contribution in [0.25, 0.3) is 11.0 Å². The number of unbranched alkanes of at least 4 members (excludes halogenated alkanes) is 1. The Kier molecular flexibility index (Phi) is 5.57. The third-order valence-electron chi connectivity index (χ3n) is 3.84. The molecule has 6 heteroatoms. The second-order valence-corrected chi connectivity index (χ2v) is 6.89. The first kappa shape index (κ1) is 16.6. The molecule has 0 saturated carbocycles. The first-order chi connectivity index (χ1) is 9.90. The Hall–Kier alpha value is -0.720. The Morgan fingerprint density at radius 2 is 2.10 bits per heavy atom. The van der Waals surface area contributed by atoms with Crippen molar-refractivity contribution in [2.24, 2.45) is 0 Å². The predicted octanol–water partition coefficient (Wildman–Crippen LogP) is 4.72. The van der Waals surface area contributed by atoms with Crippen LogP contribution < -0.4 is 0 Å². The van der Waals surface area contributed by atoms with Gasteiger partial charge in [0.15, 0.2) is 4.77 Å². The molecule has 0 aliphatic carbocycles. The van der Waals surface area contributed by atoms with Crippen LogP contribution in [0.15, 0.2) is 16.6 Å². The second-order valence-electron chi connectivity index (χ2n) is 5.65. The van der Waals surface area contributed by atoms with Gasteiger partial charge in [0.25, 0.3) is 0 Å². The lowest BCUT2D eigenvalue weighted by Crippen LogP contribution is -2.27. The monoisotopic (exact) mass is 373 g/mol. The van der Waals surface area contributed by atoms with Gasteiger partial charge in [0.2, 0.25) is 0 Å². The van der Waals surface area contributed by atoms with Gasteiger partial charge >= 0.3 is 0 Å². The molecule has 116 valence electrons. The minimum atomic E-state index is -0.259. The third-order valence-corrected chi connectivity index (χ3v) is 4.77. The van der Waals surface area contributed by atoms with Crippen molar-refractivity contribution >= 4 is 39.2 Å². The summed E-state index contributed by atoms with van der Waals surface area (Å²) >= 11 is 8.54. The topological polar surface area (TPSA) is 24.0 Å². The third kappa shape index (κ3) is 3.93. The van der Waals surface area contributed by atoms with E-state index in [1.54, 1.807) is 6.07 Å². The number of halogens is 2. The molecule has 2 rings (SSSR count). The minimum Gasteiger partial charge on any atom is -0.331 e. The Balaban J connectivity index is 2.07. The normalized spacial score (nSPS) is 12.0. The highest BCUT2D eigenvalue weighted by atomic mass is 79.9. The lowest BCUT2D eigenvalue weighted by Gasteiger charge is -2.20. The Labute approximate surface area is 138 Å². The summed E-state index contributed by atoms with van der Waals surface area (Å²) < 4.78 is 16.8. The molecule has 0 amide bonds. The first-order valence-electron chi connectivity index (χ1n) is 7.18. The van der Waals surface area contributed by atoms with E-state index in [0.717, 1.165) is 37.0 Å². The van der Waals surface area contributed by atoms with Crippen LogP contribution >= 0.6 is 28.1 Å². The largest absolute Gasteiger partial charge is 0.331 e. The van der Waals surface area contributed by atoms with Gasteiger partial charge in [0.05, 0.1) is 15.5 Å². The number of fused-ring (bicyclic) bond motifs is 1. The fourth-order valence-corrected chi connectivity index (χ4v) is 2.91. The van der Waals surface area contributed by atoms with Crippen molar-refractivity contribution in [1.29, 1.82) is 0 Å². The van der Waals surface area contributed by atoms with Crippen molar-refractivity contribution in [3.05, 3.63) is 27.2 Å². The molecule has 0 radical (unpaired) electrons. The van der Waals surface area contributed by atoms with E-state index in [4.69, 9.17) is 12.2 Å². The van der Waals surface area contributed by atoms with E-state index in [9.17, 15) is 4.39 Å². The van der Waals surface area contributed by atoms with Gasteiger partial charge in [-0.05, 0) is 74.5 Å². The van der Waals surface area contributed by atoms with Gasteiger partial charge < -0.3 is 14.5 Å². The van der Waals surface area contributed by atoms with Crippen LogP contribution in [0.2, 0.25) is 0 Å². The SMILES string of the molecule is CC(C)N(C)CCCCn1c(=S)[nH]c2cc(Br)c(F)cc21. The van der Waals surface area contributed by atoms with Gasteiger partial charge in [-0.2, -0.15) is 0 Å². The van der Waals surface area contributed by atoms with Crippen molar-refractivity contribution in [3.8, 4) is 0 Å². The van der Waals surface area contributed by atoms with Crippen molar-refractivity contribution in [2.75, 3.05) is 13.6 Å². The molecule has 0 spiro atoms. The maximum absolute atomic E-state index is 13.7. The minimum absolute atomic E-state index is 0.259. The number of aromatic nitrogens is 2. The van der Waals surface area contributed by atoms with E-state index < -0.39 is 0 Å². The molecule has 1 N–H and O–H groups in total. The summed E-state index contributed by atoms with van der Waals surface area (Å²) in [6, 6.07) is 3.84. The zero-order valence-electron chi connectivity index (χ0n) is 12.6. The summed E-state index contributed by atoms with van der Waals surface area (Å²) in [5, 5.41) is 0. The van der Waals surface area contributed by atoms with Gasteiger partial charge in [-0.15, -0.1) is 0 Å². The van der Waals surface area contributed by atoms with E-state index in [2.05, 4.69) is 46.7 Å². The lowest BCUT2D eigenvalue weighted by molar-refractivity contribution is 0.266. The standard InChI is InChI=1S/C15H21BrFN3S/c1-10(2)19(3)6-4-5-7-20-14-9-12(17)11(16)8-13(14)18-15(20)21/h8-10H,4-7H2,1-3H3,(H,18,21). The molecule has 3 nitrogen and oxygen atoms in total. The van der Waals surface area contributed by atoms with E-state index >= 15 is 0 Å². The molecule has 1 heterocycles. The van der Waals surface area contributed by atoms with Gasteiger partial charge in [-0.3, -0.25) is 0 Å². The number of aryl methyl sites for hydroxylation is 1. The quantitative estimate of drug-likeness (QED) is 0.584. The van der Waals surface area contributed by atoms with Crippen LogP contribution in [0.4, 0.5) is 4.39 Å². The Morgan fingerprint density at radius 3 is 2.76 bits per heavy atom. The van der Waals surface area contributed by atoms with Gasteiger partial charge in [0.1, 0.15) is 5.82 Å². The van der Waals surface area contributed by atoms with Crippen molar-refractivity contribution in [2.45, 2.75) is 39.3 Å². The summed E-state index contributed by atoms with van der Waals surface area (Å²) in [5.41, 5.74) is 1.70. The predicted molar refractivity (Wildman–Crippen MR) is 91.8 cm³/mol. The molecule has 1 aromatic heterocycles. The van der Waals surface area contributed by atoms with Crippen LogP contribution in [0.5, 0.6) is 0 Å². The highest BCUT2D eigenvalue weighted by Gasteiger charge is 2.09. The number of hydrogen-bond donors (Lipinski definition) is 1. The molecular weight excluding hydrogens is 353 g/mol. The Bertz CT molecular complexity index is 677. The van der Waals surface area contributed by atoms with Gasteiger partial charge in [-0.25, -0.2) is 4.39 Å². The van der Waals surface area contributed by atoms with Crippen LogP contribution in [-0.2, 0) is 6.54 Å². The number of imidazole rings is 1. The fourth-order valence-electron chi connectivity index (χ4n) is 2.26. The van der Waals surface area contributed by atoms with Crippen molar-refractivity contribution < 1.29 is 4.39 Å². The summed E-state index contributed by atoms with van der Waals surface area (Å²) in [5.74, 6) is -0.259. The number of hydrogen-bond acceptors (Lipinski definition) is 2. The van der Waals surface area contributed by atoms with Crippen molar-refractivity contribution in [1.82, 2.24) is 14.5 Å². The van der Waals surface area contributed by atoms with E-state index in [1.807, 2.05) is 4.57 Å². The number of H-pyrrole nitrogens is 1. The number of nitrogens with zero attached hydrogens (tertiary/aromatic N) is 2. The molecule has 0 saturated heterocycles. The molecule has 21 heavy (non-hydrogen) atoms. The lowest BCUT2D eigenvalue weighted by atomic mass is 10.2. The molecule has 2 aromatic rings. The van der Waals surface area contributed by atoms with Crippen LogP contribution in [0, 0.1) is 10.6 Å². The molecule has 0 atom stereocenters.